The predicted octanol–water partition coefficient (Wildman–Crippen LogP) is 4.73. The molecule has 0 aliphatic rings. The zero-order valence-corrected chi connectivity index (χ0v) is 14.9. The molecule has 27 heavy (non-hydrogen) atoms. The lowest BCUT2D eigenvalue weighted by molar-refractivity contribution is -0.118. The summed E-state index contributed by atoms with van der Waals surface area (Å²) >= 11 is 6.10. The largest absolute Gasteiger partial charge is 0.484 e. The normalized spacial score (nSPS) is 10.3. The summed E-state index contributed by atoms with van der Waals surface area (Å²) < 4.78 is 18.4. The van der Waals surface area contributed by atoms with Crippen LogP contribution in [0.15, 0.2) is 72.8 Å². The van der Waals surface area contributed by atoms with Crippen LogP contribution in [0.1, 0.15) is 15.9 Å². The van der Waals surface area contributed by atoms with E-state index in [1.807, 2.05) is 0 Å². The minimum Gasteiger partial charge on any atom is -0.484 e. The Morgan fingerprint density at radius 1 is 0.926 bits per heavy atom. The van der Waals surface area contributed by atoms with Crippen LogP contribution in [0.2, 0.25) is 5.02 Å². The number of anilines is 1. The number of para-hydroxylation sites is 1. The van der Waals surface area contributed by atoms with Crippen LogP contribution in [-0.4, -0.2) is 18.3 Å². The molecule has 0 aromatic heterocycles. The number of nitrogens with one attached hydrogen (secondary N) is 1. The number of ether oxygens (including phenoxy) is 1. The smallest absolute Gasteiger partial charge is 0.262 e. The Hall–Kier alpha value is -3.18. The van der Waals surface area contributed by atoms with E-state index in [-0.39, 0.29) is 18.1 Å². The van der Waals surface area contributed by atoms with Gasteiger partial charge in [-0.1, -0.05) is 41.9 Å². The van der Waals surface area contributed by atoms with Gasteiger partial charge >= 0.3 is 0 Å². The lowest BCUT2D eigenvalue weighted by Gasteiger charge is -2.12. The number of ketones is 1. The summed E-state index contributed by atoms with van der Waals surface area (Å²) in [5, 5.41) is 2.98. The molecule has 0 saturated heterocycles. The number of carbonyl (C=O) groups excluding carboxylic acids is 2. The fraction of sp³-hybridized carbons (Fsp3) is 0.0476. The highest BCUT2D eigenvalue weighted by Gasteiger charge is 2.17. The summed E-state index contributed by atoms with van der Waals surface area (Å²) in [4.78, 5) is 25.0. The number of hydrogen-bond donors (Lipinski definition) is 1. The van der Waals surface area contributed by atoms with Gasteiger partial charge in [0.1, 0.15) is 11.6 Å². The average molecular weight is 384 g/mol. The monoisotopic (exact) mass is 383 g/mol. The van der Waals surface area contributed by atoms with E-state index < -0.39 is 11.7 Å². The first-order chi connectivity index (χ1) is 13.0. The first-order valence-electron chi connectivity index (χ1n) is 8.11. The number of hydrogen-bond acceptors (Lipinski definition) is 3. The third-order valence-corrected chi connectivity index (χ3v) is 4.06. The summed E-state index contributed by atoms with van der Waals surface area (Å²) in [5.74, 6) is -0.990. The van der Waals surface area contributed by atoms with Gasteiger partial charge in [-0.3, -0.25) is 9.59 Å². The highest BCUT2D eigenvalue weighted by molar-refractivity contribution is 6.35. The second-order valence-corrected chi connectivity index (χ2v) is 6.06. The molecular formula is C21H15ClFNO3. The Bertz CT molecular complexity index is 990. The first-order valence-corrected chi connectivity index (χ1v) is 8.49. The third kappa shape index (κ3) is 4.71. The van der Waals surface area contributed by atoms with E-state index in [9.17, 15) is 14.0 Å². The number of benzene rings is 3. The minimum absolute atomic E-state index is 0.241. The molecule has 1 N–H and O–H groups in total. The molecule has 0 heterocycles. The van der Waals surface area contributed by atoms with Crippen molar-refractivity contribution in [3.63, 3.8) is 0 Å². The third-order valence-electron chi connectivity index (χ3n) is 3.73. The Balaban J connectivity index is 1.73. The van der Waals surface area contributed by atoms with Crippen molar-refractivity contribution in [1.29, 1.82) is 0 Å². The molecule has 0 aliphatic carbocycles. The maximum atomic E-state index is 13.1. The van der Waals surface area contributed by atoms with Crippen LogP contribution < -0.4 is 10.1 Å². The van der Waals surface area contributed by atoms with Crippen LogP contribution in [0.4, 0.5) is 10.1 Å². The Morgan fingerprint density at radius 3 is 2.37 bits per heavy atom. The summed E-state index contributed by atoms with van der Waals surface area (Å²) in [6.45, 7) is -0.321. The van der Waals surface area contributed by atoms with Gasteiger partial charge in [0, 0.05) is 17.2 Å². The van der Waals surface area contributed by atoms with E-state index in [4.69, 9.17) is 16.3 Å². The van der Waals surface area contributed by atoms with Crippen molar-refractivity contribution in [2.75, 3.05) is 11.9 Å². The molecule has 0 atom stereocenters. The van der Waals surface area contributed by atoms with Crippen molar-refractivity contribution in [3.05, 3.63) is 94.8 Å². The van der Waals surface area contributed by atoms with Crippen LogP contribution in [0.5, 0.6) is 5.75 Å². The highest BCUT2D eigenvalue weighted by Crippen LogP contribution is 2.23. The van der Waals surface area contributed by atoms with Gasteiger partial charge in [0.2, 0.25) is 0 Å². The van der Waals surface area contributed by atoms with Crippen molar-refractivity contribution in [3.8, 4) is 5.75 Å². The summed E-state index contributed by atoms with van der Waals surface area (Å²) in [7, 11) is 0. The molecule has 0 aliphatic heterocycles. The van der Waals surface area contributed by atoms with E-state index in [1.54, 1.807) is 54.6 Å². The summed E-state index contributed by atoms with van der Waals surface area (Å²) in [5.41, 5.74) is 0.997. The SMILES string of the molecule is O=C(COc1cccc(F)c1)Nc1ccccc1C(=O)c1ccccc1Cl. The molecule has 0 saturated carbocycles. The van der Waals surface area contributed by atoms with Crippen molar-refractivity contribution in [2.45, 2.75) is 0 Å². The van der Waals surface area contributed by atoms with Crippen molar-refractivity contribution in [1.82, 2.24) is 0 Å². The van der Waals surface area contributed by atoms with Gasteiger partial charge < -0.3 is 10.1 Å². The van der Waals surface area contributed by atoms with E-state index in [2.05, 4.69) is 5.32 Å². The average Bonchev–Trinajstić information content (AvgIpc) is 2.67. The van der Waals surface area contributed by atoms with E-state index in [0.717, 1.165) is 0 Å². The minimum atomic E-state index is -0.473. The molecule has 136 valence electrons. The molecule has 0 fully saturated rings. The Morgan fingerprint density at radius 2 is 1.63 bits per heavy atom. The van der Waals surface area contributed by atoms with E-state index >= 15 is 0 Å². The zero-order valence-electron chi connectivity index (χ0n) is 14.1. The molecule has 3 aromatic carbocycles. The fourth-order valence-electron chi connectivity index (χ4n) is 2.47. The fourth-order valence-corrected chi connectivity index (χ4v) is 2.69. The van der Waals surface area contributed by atoms with Crippen molar-refractivity contribution >= 4 is 29.0 Å². The molecule has 0 unspecified atom stereocenters. The second-order valence-electron chi connectivity index (χ2n) is 5.65. The lowest BCUT2D eigenvalue weighted by Crippen LogP contribution is -2.21. The predicted molar refractivity (Wildman–Crippen MR) is 102 cm³/mol. The van der Waals surface area contributed by atoms with Gasteiger partial charge in [0.15, 0.2) is 12.4 Å². The van der Waals surface area contributed by atoms with Gasteiger partial charge in [-0.05, 0) is 36.4 Å². The summed E-state index contributed by atoms with van der Waals surface area (Å²) in [6, 6.07) is 18.8. The number of carbonyl (C=O) groups is 2. The molecule has 0 bridgehead atoms. The van der Waals surface area contributed by atoms with Gasteiger partial charge in [-0.2, -0.15) is 0 Å². The van der Waals surface area contributed by atoms with E-state index in [1.165, 1.54) is 18.2 Å². The van der Waals surface area contributed by atoms with Crippen LogP contribution in [0.25, 0.3) is 0 Å². The van der Waals surface area contributed by atoms with Gasteiger partial charge in [-0.25, -0.2) is 4.39 Å². The van der Waals surface area contributed by atoms with Gasteiger partial charge in [-0.15, -0.1) is 0 Å². The Labute approximate surface area is 160 Å². The Kier molecular flexibility index (Phi) is 5.84. The van der Waals surface area contributed by atoms with E-state index in [0.29, 0.717) is 21.8 Å². The molecule has 3 rings (SSSR count). The molecule has 6 heteroatoms. The maximum Gasteiger partial charge on any atom is 0.262 e. The number of amides is 1. The van der Waals surface area contributed by atoms with Crippen molar-refractivity contribution < 1.29 is 18.7 Å². The van der Waals surface area contributed by atoms with Crippen LogP contribution in [0, 0.1) is 5.82 Å². The van der Waals surface area contributed by atoms with Crippen LogP contribution in [0.3, 0.4) is 0 Å². The standard InChI is InChI=1S/C21H15ClFNO3/c22-18-10-3-1-8-16(18)21(26)17-9-2-4-11-19(17)24-20(25)13-27-15-7-5-6-14(23)12-15/h1-12H,13H2,(H,24,25). The molecule has 0 spiro atoms. The van der Waals surface area contributed by atoms with Crippen molar-refractivity contribution in [2.24, 2.45) is 0 Å². The van der Waals surface area contributed by atoms with Gasteiger partial charge in [0.05, 0.1) is 10.7 Å². The molecule has 3 aromatic rings. The molecule has 1 amide bonds. The van der Waals surface area contributed by atoms with Crippen LogP contribution >= 0.6 is 11.6 Å². The first kappa shape index (κ1) is 18.6. The topological polar surface area (TPSA) is 55.4 Å². The number of rotatable bonds is 6. The summed E-state index contributed by atoms with van der Waals surface area (Å²) in [6.07, 6.45) is 0. The second kappa shape index (κ2) is 8.47. The number of halogens is 2. The molecule has 4 nitrogen and oxygen atoms in total. The highest BCUT2D eigenvalue weighted by atomic mass is 35.5. The zero-order chi connectivity index (χ0) is 19.2. The molecular weight excluding hydrogens is 369 g/mol. The maximum absolute atomic E-state index is 13.1. The lowest BCUT2D eigenvalue weighted by atomic mass is 10.0. The quantitative estimate of drug-likeness (QED) is 0.626. The molecule has 0 radical (unpaired) electrons. The van der Waals surface area contributed by atoms with Gasteiger partial charge in [0.25, 0.3) is 5.91 Å². The van der Waals surface area contributed by atoms with Crippen LogP contribution in [-0.2, 0) is 4.79 Å².